The molecule has 1 saturated heterocycles. The van der Waals surface area contributed by atoms with Gasteiger partial charge >= 0.3 is 25.1 Å². The zero-order valence-electron chi connectivity index (χ0n) is 19.2. The highest BCUT2D eigenvalue weighted by Crippen LogP contribution is 2.30. The molecule has 0 spiro atoms. The fourth-order valence-electron chi connectivity index (χ4n) is 3.90. The van der Waals surface area contributed by atoms with Crippen LogP contribution in [-0.2, 0) is 21.2 Å². The molecule has 1 fully saturated rings. The second-order valence-electron chi connectivity index (χ2n) is 8.19. The number of nitrogen functional groups attached to an aromatic ring is 1. The van der Waals surface area contributed by atoms with E-state index >= 15 is 0 Å². The van der Waals surface area contributed by atoms with Gasteiger partial charge in [-0.25, -0.2) is 37.0 Å². The smallest absolute Gasteiger partial charge is 0.534 e. The van der Waals surface area contributed by atoms with E-state index in [1.54, 1.807) is 6.07 Å². The number of nitrogens with zero attached hydrogens (tertiary/aromatic N) is 3. The summed E-state index contributed by atoms with van der Waals surface area (Å²) in [4.78, 5) is 54.6. The highest BCUT2D eigenvalue weighted by atomic mass is 32.2. The van der Waals surface area contributed by atoms with Gasteiger partial charge in [-0.05, 0) is 18.1 Å². The Bertz CT molecular complexity index is 1380. The number of carbonyl (C=O) groups excluding carboxylic acids is 3. The number of carboxylic acids is 1. The fraction of sp³-hybridized carbons (Fsp3) is 0.316. The molecule has 0 radical (unpaired) electrons. The van der Waals surface area contributed by atoms with E-state index in [1.165, 1.54) is 17.5 Å². The lowest BCUT2D eigenvalue weighted by atomic mass is 9.72. The maximum absolute atomic E-state index is 13.2. The second kappa shape index (κ2) is 9.87. The van der Waals surface area contributed by atoms with Gasteiger partial charge in [0.25, 0.3) is 0 Å². The van der Waals surface area contributed by atoms with Crippen molar-refractivity contribution < 1.29 is 42.4 Å². The van der Waals surface area contributed by atoms with Gasteiger partial charge in [-0.3, -0.25) is 4.79 Å². The third-order valence-electron chi connectivity index (χ3n) is 5.66. The Morgan fingerprint density at radius 3 is 2.65 bits per heavy atom. The standard InChI is InChI=1S/C19H21BN6O9S2/c1-37(33,34)26-6-5-25(19(26)31)18(30)24-13(11-8-36-17(21)22-11)15(27)23-12-7-9-3-2-4-10(16(28)29)14(9)35-20(12)32/h2-4,8,12-13,32H,5-7H2,1H3,(H2,21,22)(H,23,27)(H,24,30)(H,28,29)/t12-,13?/m0/s1. The number of nitrogens with one attached hydrogen (secondary N) is 2. The molecule has 2 aliphatic heterocycles. The molecule has 1 aromatic heterocycles. The van der Waals surface area contributed by atoms with Gasteiger partial charge in [0.05, 0.1) is 36.5 Å². The predicted octanol–water partition coefficient (Wildman–Crippen LogP) is -0.989. The average molecular weight is 552 g/mol. The molecule has 18 heteroatoms. The fourth-order valence-corrected chi connectivity index (χ4v) is 5.29. The van der Waals surface area contributed by atoms with Crippen LogP contribution in [0.25, 0.3) is 0 Å². The van der Waals surface area contributed by atoms with Crippen LogP contribution in [0.2, 0.25) is 0 Å². The molecule has 0 saturated carbocycles. The van der Waals surface area contributed by atoms with Crippen LogP contribution in [0.3, 0.4) is 0 Å². The first kappa shape index (κ1) is 26.2. The van der Waals surface area contributed by atoms with Crippen molar-refractivity contribution in [2.45, 2.75) is 18.4 Å². The number of amides is 5. The Morgan fingerprint density at radius 2 is 2.05 bits per heavy atom. The molecular formula is C19H21BN6O9S2. The first-order chi connectivity index (χ1) is 17.4. The Kier molecular flexibility index (Phi) is 6.98. The van der Waals surface area contributed by atoms with E-state index in [0.717, 1.165) is 17.6 Å². The minimum Gasteiger partial charge on any atom is -0.534 e. The normalized spacial score (nSPS) is 18.2. The van der Waals surface area contributed by atoms with Gasteiger partial charge in [-0.1, -0.05) is 12.1 Å². The number of imide groups is 1. The van der Waals surface area contributed by atoms with Crippen LogP contribution in [0.1, 0.15) is 27.7 Å². The number of rotatable bonds is 6. The van der Waals surface area contributed by atoms with Gasteiger partial charge in [0.2, 0.25) is 15.9 Å². The number of urea groups is 2. The van der Waals surface area contributed by atoms with Crippen LogP contribution in [0, 0.1) is 0 Å². The molecule has 2 aromatic rings. The molecule has 4 rings (SSSR count). The summed E-state index contributed by atoms with van der Waals surface area (Å²) >= 11 is 0.993. The number of nitrogens with two attached hydrogens (primary N) is 1. The molecular weight excluding hydrogens is 531 g/mol. The zero-order valence-corrected chi connectivity index (χ0v) is 20.8. The number of sulfonamides is 1. The summed E-state index contributed by atoms with van der Waals surface area (Å²) in [6.45, 7) is -0.474. The van der Waals surface area contributed by atoms with E-state index in [1.807, 2.05) is 0 Å². The number of aromatic nitrogens is 1. The molecule has 15 nitrogen and oxygen atoms in total. The van der Waals surface area contributed by atoms with Crippen molar-refractivity contribution in [3.05, 3.63) is 40.4 Å². The number of fused-ring (bicyclic) bond motifs is 1. The van der Waals surface area contributed by atoms with E-state index in [4.69, 9.17) is 10.4 Å². The quantitative estimate of drug-likeness (QED) is 0.274. The largest absolute Gasteiger partial charge is 0.547 e. The molecule has 5 amide bonds. The minimum atomic E-state index is -3.89. The van der Waals surface area contributed by atoms with Crippen LogP contribution in [0.15, 0.2) is 23.6 Å². The van der Waals surface area contributed by atoms with E-state index in [-0.39, 0.29) is 41.6 Å². The van der Waals surface area contributed by atoms with Crippen molar-refractivity contribution in [1.82, 2.24) is 24.8 Å². The number of carboxylic acid groups (broad SMARTS) is 1. The summed E-state index contributed by atoms with van der Waals surface area (Å²) in [6.07, 6.45) is 0.840. The Labute approximate surface area is 214 Å². The number of benzene rings is 1. The monoisotopic (exact) mass is 552 g/mol. The van der Waals surface area contributed by atoms with Gasteiger partial charge in [-0.15, -0.1) is 11.3 Å². The van der Waals surface area contributed by atoms with Gasteiger partial charge in [0.15, 0.2) is 11.2 Å². The van der Waals surface area contributed by atoms with Gasteiger partial charge in [0, 0.05) is 5.38 Å². The van der Waals surface area contributed by atoms with Crippen LogP contribution in [-0.4, -0.2) is 89.1 Å². The number of aromatic carboxylic acids is 1. The zero-order chi connectivity index (χ0) is 27.1. The molecule has 37 heavy (non-hydrogen) atoms. The molecule has 196 valence electrons. The molecule has 2 atom stereocenters. The number of para-hydroxylation sites is 1. The van der Waals surface area contributed by atoms with Crippen molar-refractivity contribution in [2.75, 3.05) is 25.1 Å². The average Bonchev–Trinajstić information content (AvgIpc) is 3.42. The van der Waals surface area contributed by atoms with Crippen LogP contribution in [0.5, 0.6) is 5.75 Å². The summed E-state index contributed by atoms with van der Waals surface area (Å²) in [6, 6.07) is 0.810. The van der Waals surface area contributed by atoms with Crippen molar-refractivity contribution in [3.8, 4) is 5.75 Å². The lowest BCUT2D eigenvalue weighted by Crippen LogP contribution is -2.56. The topological polar surface area (TPSA) is 222 Å². The summed E-state index contributed by atoms with van der Waals surface area (Å²) in [5.41, 5.74) is 5.99. The van der Waals surface area contributed by atoms with E-state index in [9.17, 15) is 37.7 Å². The van der Waals surface area contributed by atoms with Crippen molar-refractivity contribution >= 4 is 57.5 Å². The second-order valence-corrected chi connectivity index (χ2v) is 11.0. The summed E-state index contributed by atoms with van der Waals surface area (Å²) < 4.78 is 29.4. The molecule has 3 heterocycles. The first-order valence-electron chi connectivity index (χ1n) is 10.7. The maximum atomic E-state index is 13.2. The number of thiazole rings is 1. The lowest BCUT2D eigenvalue weighted by Gasteiger charge is -2.30. The summed E-state index contributed by atoms with van der Waals surface area (Å²) in [5.74, 6) is -3.14. The predicted molar refractivity (Wildman–Crippen MR) is 129 cm³/mol. The van der Waals surface area contributed by atoms with Crippen molar-refractivity contribution in [1.29, 1.82) is 0 Å². The molecule has 0 bridgehead atoms. The third-order valence-corrected chi connectivity index (χ3v) is 7.49. The SMILES string of the molecule is CS(=O)(=O)N1CCN(C(=O)NC(C(=O)N[C@H]2Cc3cccc(C(=O)O)c3OB2O)c2csc(N)n2)C1=O. The minimum absolute atomic E-state index is 0.0111. The molecule has 1 aromatic carbocycles. The molecule has 1 unspecified atom stereocenters. The summed E-state index contributed by atoms with van der Waals surface area (Å²) in [5, 5.41) is 26.2. The molecule has 0 aliphatic carbocycles. The first-order valence-corrected chi connectivity index (χ1v) is 13.4. The number of carbonyl (C=O) groups is 4. The van der Waals surface area contributed by atoms with Gasteiger partial charge < -0.3 is 31.2 Å². The van der Waals surface area contributed by atoms with Gasteiger partial charge in [0.1, 0.15) is 5.75 Å². The van der Waals surface area contributed by atoms with Crippen LogP contribution >= 0.6 is 11.3 Å². The number of anilines is 1. The highest BCUT2D eigenvalue weighted by molar-refractivity contribution is 7.88. The van der Waals surface area contributed by atoms with E-state index in [2.05, 4.69) is 15.6 Å². The third kappa shape index (κ3) is 5.30. The van der Waals surface area contributed by atoms with Crippen LogP contribution in [0.4, 0.5) is 14.7 Å². The van der Waals surface area contributed by atoms with E-state index < -0.39 is 53.1 Å². The number of hydrogen-bond acceptors (Lipinski definition) is 11. The molecule has 2 aliphatic rings. The lowest BCUT2D eigenvalue weighted by molar-refractivity contribution is -0.123. The Hall–Kier alpha value is -3.90. The molecule has 6 N–H and O–H groups in total. The maximum Gasteiger partial charge on any atom is 0.547 e. The summed E-state index contributed by atoms with van der Waals surface area (Å²) in [7, 11) is -5.51. The number of hydrogen-bond donors (Lipinski definition) is 5. The van der Waals surface area contributed by atoms with Crippen LogP contribution < -0.4 is 21.0 Å². The van der Waals surface area contributed by atoms with Crippen molar-refractivity contribution in [3.63, 3.8) is 0 Å². The van der Waals surface area contributed by atoms with Gasteiger partial charge in [-0.2, -0.15) is 0 Å². The van der Waals surface area contributed by atoms with E-state index in [0.29, 0.717) is 14.8 Å². The Morgan fingerprint density at radius 1 is 1.32 bits per heavy atom. The Balaban J connectivity index is 1.53. The van der Waals surface area contributed by atoms with Crippen molar-refractivity contribution in [2.24, 2.45) is 0 Å². The highest BCUT2D eigenvalue weighted by Gasteiger charge is 2.42.